The van der Waals surface area contributed by atoms with Crippen molar-refractivity contribution in [1.29, 1.82) is 0 Å². The lowest BCUT2D eigenvalue weighted by Crippen LogP contribution is -1.89. The fourth-order valence-corrected chi connectivity index (χ4v) is 1.20. The number of nitro benzene ring substituents is 1. The molecule has 1 aromatic rings. The summed E-state index contributed by atoms with van der Waals surface area (Å²) in [6.45, 7) is 0. The van der Waals surface area contributed by atoms with Crippen LogP contribution in [0.15, 0.2) is 16.6 Å². The molecule has 1 rings (SSSR count). The van der Waals surface area contributed by atoms with E-state index in [1.54, 1.807) is 0 Å². The van der Waals surface area contributed by atoms with E-state index in [2.05, 4.69) is 22.0 Å². The first-order valence-corrected chi connectivity index (χ1v) is 3.84. The first kappa shape index (κ1) is 8.99. The molecule has 0 aliphatic rings. The van der Waals surface area contributed by atoms with Gasteiger partial charge in [0.05, 0.1) is 22.6 Å². The molecule has 0 saturated heterocycles. The lowest BCUT2D eigenvalue weighted by atomic mass is 10.3. The minimum Gasteiger partial charge on any atom is -0.496 e. The molecule has 0 N–H and O–H groups in total. The molecule has 0 bridgehead atoms. The highest BCUT2D eigenvalue weighted by Crippen LogP contribution is 2.27. The summed E-state index contributed by atoms with van der Waals surface area (Å²) in [6, 6.07) is 5.24. The highest BCUT2D eigenvalue weighted by atomic mass is 79.9. The van der Waals surface area contributed by atoms with Gasteiger partial charge in [-0.2, -0.15) is 0 Å². The lowest BCUT2D eigenvalue weighted by molar-refractivity contribution is -0.385. The maximum atomic E-state index is 10.3. The van der Waals surface area contributed by atoms with Gasteiger partial charge < -0.3 is 4.74 Å². The summed E-state index contributed by atoms with van der Waals surface area (Å²) in [5.41, 5.74) is -0.0809. The van der Waals surface area contributed by atoms with E-state index in [9.17, 15) is 10.1 Å². The van der Waals surface area contributed by atoms with Crippen LogP contribution in [0, 0.1) is 16.2 Å². The number of non-ortho nitro benzene ring substituents is 1. The van der Waals surface area contributed by atoms with E-state index < -0.39 is 4.92 Å². The molecule has 0 unspecified atom stereocenters. The highest BCUT2D eigenvalue weighted by Gasteiger charge is 2.08. The Balaban J connectivity index is 3.10. The Kier molecular flexibility index (Phi) is 2.65. The Morgan fingerprint density at radius 1 is 1.75 bits per heavy atom. The number of halogens is 1. The van der Waals surface area contributed by atoms with Crippen LogP contribution in [0.3, 0.4) is 0 Å². The maximum absolute atomic E-state index is 10.3. The van der Waals surface area contributed by atoms with Crippen LogP contribution in [0.2, 0.25) is 0 Å². The third-order valence-electron chi connectivity index (χ3n) is 1.27. The standard InChI is InChI=1S/C7H5BrNO3/c1-12-7-3-2-5(9(10)11)4-6(7)8/h3-4H,1H3. The molecule has 0 fully saturated rings. The number of hydrogen-bond acceptors (Lipinski definition) is 3. The summed E-state index contributed by atoms with van der Waals surface area (Å²) in [4.78, 5) is 9.76. The molecule has 1 radical (unpaired) electrons. The second-order valence-electron chi connectivity index (χ2n) is 1.99. The second kappa shape index (κ2) is 3.53. The third kappa shape index (κ3) is 1.73. The van der Waals surface area contributed by atoms with Gasteiger partial charge in [-0.1, -0.05) is 0 Å². The van der Waals surface area contributed by atoms with Crippen LogP contribution in [0.4, 0.5) is 5.69 Å². The minimum atomic E-state index is -0.510. The number of ether oxygens (including phenoxy) is 1. The molecular formula is C7H5BrNO3. The van der Waals surface area contributed by atoms with E-state index in [0.717, 1.165) is 0 Å². The molecule has 5 heteroatoms. The number of hydrogen-bond donors (Lipinski definition) is 0. The van der Waals surface area contributed by atoms with Crippen LogP contribution < -0.4 is 4.74 Å². The molecule has 63 valence electrons. The molecule has 4 nitrogen and oxygen atoms in total. The van der Waals surface area contributed by atoms with Crippen molar-refractivity contribution in [2.24, 2.45) is 0 Å². The van der Waals surface area contributed by atoms with Gasteiger partial charge in [0.2, 0.25) is 0 Å². The first-order chi connectivity index (χ1) is 5.65. The Bertz CT molecular complexity index is 314. The van der Waals surface area contributed by atoms with Gasteiger partial charge in [0, 0.05) is 6.07 Å². The van der Waals surface area contributed by atoms with E-state index in [4.69, 9.17) is 4.74 Å². The number of nitro groups is 1. The van der Waals surface area contributed by atoms with Gasteiger partial charge in [-0.15, -0.1) is 0 Å². The molecule has 0 amide bonds. The minimum absolute atomic E-state index is 0.0809. The molecule has 0 spiro atoms. The van der Waals surface area contributed by atoms with Gasteiger partial charge in [0.25, 0.3) is 5.69 Å². The van der Waals surface area contributed by atoms with Gasteiger partial charge in [0.1, 0.15) is 5.75 Å². The predicted octanol–water partition coefficient (Wildman–Crippen LogP) is 2.17. The number of methoxy groups -OCH3 is 1. The van der Waals surface area contributed by atoms with E-state index in [1.165, 1.54) is 19.2 Å². The number of benzene rings is 1. The molecule has 0 aliphatic carbocycles. The molecule has 0 heterocycles. The zero-order valence-corrected chi connectivity index (χ0v) is 7.79. The normalized spacial score (nSPS) is 9.50. The summed E-state index contributed by atoms with van der Waals surface area (Å²) in [6.07, 6.45) is 0. The van der Waals surface area contributed by atoms with E-state index in [-0.39, 0.29) is 5.69 Å². The molecule has 0 aliphatic heterocycles. The summed E-state index contributed by atoms with van der Waals surface area (Å²) in [5.74, 6) is 0.528. The predicted molar refractivity (Wildman–Crippen MR) is 46.2 cm³/mol. The smallest absolute Gasteiger partial charge is 0.278 e. The molecule has 1 aromatic carbocycles. The number of rotatable bonds is 2. The van der Waals surface area contributed by atoms with Gasteiger partial charge in [-0.05, 0) is 22.0 Å². The Labute approximate surface area is 77.4 Å². The summed E-state index contributed by atoms with van der Waals surface area (Å²) < 4.78 is 5.43. The fraction of sp³-hybridized carbons (Fsp3) is 0.143. The third-order valence-corrected chi connectivity index (χ3v) is 1.89. The molecule has 0 aromatic heterocycles. The van der Waals surface area contributed by atoms with E-state index in [0.29, 0.717) is 10.2 Å². The van der Waals surface area contributed by atoms with Crippen molar-refractivity contribution in [3.63, 3.8) is 0 Å². The largest absolute Gasteiger partial charge is 0.496 e. The van der Waals surface area contributed by atoms with Crippen LogP contribution in [-0.4, -0.2) is 12.0 Å². The second-order valence-corrected chi connectivity index (χ2v) is 2.85. The lowest BCUT2D eigenvalue weighted by Gasteiger charge is -2.00. The summed E-state index contributed by atoms with van der Waals surface area (Å²) in [5, 5.41) is 10.3. The average Bonchev–Trinajstić information content (AvgIpc) is 2.04. The summed E-state index contributed by atoms with van der Waals surface area (Å²) in [7, 11) is 1.49. The topological polar surface area (TPSA) is 52.4 Å². The zero-order chi connectivity index (χ0) is 9.14. The van der Waals surface area contributed by atoms with E-state index in [1.807, 2.05) is 0 Å². The van der Waals surface area contributed by atoms with Crippen LogP contribution in [0.5, 0.6) is 5.75 Å². The van der Waals surface area contributed by atoms with Crippen LogP contribution in [0.25, 0.3) is 0 Å². The average molecular weight is 231 g/mol. The Morgan fingerprint density at radius 2 is 2.42 bits per heavy atom. The Morgan fingerprint density at radius 3 is 2.83 bits per heavy atom. The SMILES string of the molecule is COc1c[c]c([N+](=O)[O-])cc1Br. The van der Waals surface area contributed by atoms with Gasteiger partial charge in [0.15, 0.2) is 0 Å². The van der Waals surface area contributed by atoms with Crippen LogP contribution >= 0.6 is 15.9 Å². The Hall–Kier alpha value is -1.10. The summed E-state index contributed by atoms with van der Waals surface area (Å²) >= 11 is 3.13. The van der Waals surface area contributed by atoms with Crippen molar-refractivity contribution in [2.45, 2.75) is 0 Å². The quantitative estimate of drug-likeness (QED) is 0.578. The van der Waals surface area contributed by atoms with Crippen molar-refractivity contribution in [2.75, 3.05) is 7.11 Å². The van der Waals surface area contributed by atoms with Crippen molar-refractivity contribution in [1.82, 2.24) is 0 Å². The van der Waals surface area contributed by atoms with Crippen molar-refractivity contribution in [3.05, 3.63) is 32.8 Å². The highest BCUT2D eigenvalue weighted by molar-refractivity contribution is 9.10. The fourth-order valence-electron chi connectivity index (χ4n) is 0.703. The number of nitrogens with zero attached hydrogens (tertiary/aromatic N) is 1. The maximum Gasteiger partial charge on any atom is 0.278 e. The monoisotopic (exact) mass is 230 g/mol. The zero-order valence-electron chi connectivity index (χ0n) is 6.20. The molecule has 0 atom stereocenters. The van der Waals surface area contributed by atoms with Gasteiger partial charge in [-0.3, -0.25) is 10.1 Å². The van der Waals surface area contributed by atoms with Crippen LogP contribution in [-0.2, 0) is 0 Å². The van der Waals surface area contributed by atoms with E-state index >= 15 is 0 Å². The molecular weight excluding hydrogens is 226 g/mol. The van der Waals surface area contributed by atoms with Crippen LogP contribution in [0.1, 0.15) is 0 Å². The van der Waals surface area contributed by atoms with Gasteiger partial charge in [-0.25, -0.2) is 0 Å². The van der Waals surface area contributed by atoms with Crippen molar-refractivity contribution < 1.29 is 9.66 Å². The van der Waals surface area contributed by atoms with Gasteiger partial charge >= 0.3 is 0 Å². The molecule has 0 saturated carbocycles. The van der Waals surface area contributed by atoms with Crippen molar-refractivity contribution >= 4 is 21.6 Å². The molecule has 12 heavy (non-hydrogen) atoms. The van der Waals surface area contributed by atoms with Crippen molar-refractivity contribution in [3.8, 4) is 5.75 Å². The first-order valence-electron chi connectivity index (χ1n) is 3.04.